The summed E-state index contributed by atoms with van der Waals surface area (Å²) in [4.78, 5) is 1.11. The van der Waals surface area contributed by atoms with Crippen LogP contribution in [0.15, 0.2) is 57.9 Å². The van der Waals surface area contributed by atoms with Gasteiger partial charge in [-0.3, -0.25) is 0 Å². The molecule has 0 N–H and O–H groups in total. The van der Waals surface area contributed by atoms with Crippen molar-refractivity contribution in [1.29, 1.82) is 0 Å². The largest absolute Gasteiger partial charge is 0.143 e. The Morgan fingerprint density at radius 1 is 0.833 bits per heavy atom. The molecule has 0 amide bonds. The Hall–Kier alpha value is -1.25. The minimum absolute atomic E-state index is 0.189. The van der Waals surface area contributed by atoms with Crippen LogP contribution < -0.4 is 0 Å². The number of hydrogen-bond donors (Lipinski definition) is 1. The van der Waals surface area contributed by atoms with Gasteiger partial charge >= 0.3 is 0 Å². The van der Waals surface area contributed by atoms with Crippen LogP contribution >= 0.6 is 28.6 Å². The van der Waals surface area contributed by atoms with Crippen LogP contribution in [0.3, 0.4) is 0 Å². The van der Waals surface area contributed by atoms with Crippen LogP contribution in [-0.4, -0.2) is 0 Å². The summed E-state index contributed by atoms with van der Waals surface area (Å²) < 4.78 is 1.19. The second-order valence-electron chi connectivity index (χ2n) is 7.20. The van der Waals surface area contributed by atoms with Crippen LogP contribution in [0.25, 0.3) is 21.9 Å². The fraction of sp³-hybridized carbons (Fsp3) is 0.273. The molecule has 0 heterocycles. The molecule has 0 radical (unpaired) electrons. The molecule has 2 heteroatoms. The van der Waals surface area contributed by atoms with Gasteiger partial charge in [-0.1, -0.05) is 65.5 Å². The molecule has 2 aliphatic rings. The highest BCUT2D eigenvalue weighted by Gasteiger charge is 2.44. The zero-order valence-electron chi connectivity index (χ0n) is 13.5. The van der Waals surface area contributed by atoms with Crippen molar-refractivity contribution in [2.24, 2.45) is 0 Å². The van der Waals surface area contributed by atoms with E-state index in [9.17, 15) is 0 Å². The van der Waals surface area contributed by atoms with Crippen molar-refractivity contribution in [3.8, 4) is 11.1 Å². The fourth-order valence-corrected chi connectivity index (χ4v) is 5.68. The van der Waals surface area contributed by atoms with Crippen LogP contribution in [0.5, 0.6) is 0 Å². The predicted molar refractivity (Wildman–Crippen MR) is 108 cm³/mol. The first-order chi connectivity index (χ1) is 11.7. The summed E-state index contributed by atoms with van der Waals surface area (Å²) in [5.74, 6) is 0. The molecule has 3 aromatic carbocycles. The zero-order chi connectivity index (χ0) is 16.3. The summed E-state index contributed by atoms with van der Waals surface area (Å²) in [6.45, 7) is 0. The Balaban J connectivity index is 1.94. The fourth-order valence-electron chi connectivity index (χ4n) is 4.99. The monoisotopic (exact) mass is 394 g/mol. The molecule has 0 aliphatic heterocycles. The zero-order valence-corrected chi connectivity index (χ0v) is 16.0. The first-order valence-electron chi connectivity index (χ1n) is 8.76. The second-order valence-corrected chi connectivity index (χ2v) is 8.59. The summed E-state index contributed by atoms with van der Waals surface area (Å²) in [7, 11) is 0. The normalized spacial score (nSPS) is 17.9. The number of halogens is 1. The average molecular weight is 395 g/mol. The molecule has 0 atom stereocenters. The lowest BCUT2D eigenvalue weighted by Gasteiger charge is -2.36. The van der Waals surface area contributed by atoms with Gasteiger partial charge in [-0.05, 0) is 64.1 Å². The summed E-state index contributed by atoms with van der Waals surface area (Å²) in [5.41, 5.74) is 6.11. The van der Waals surface area contributed by atoms with Crippen molar-refractivity contribution in [2.75, 3.05) is 0 Å². The Morgan fingerprint density at radius 3 is 2.38 bits per heavy atom. The van der Waals surface area contributed by atoms with Gasteiger partial charge in [-0.25, -0.2) is 0 Å². The van der Waals surface area contributed by atoms with E-state index >= 15 is 0 Å². The summed E-state index contributed by atoms with van der Waals surface area (Å²) in [6.07, 6.45) is 6.52. The van der Waals surface area contributed by atoms with E-state index in [0.717, 1.165) is 4.90 Å². The van der Waals surface area contributed by atoms with Gasteiger partial charge in [-0.2, -0.15) is 0 Å². The molecule has 0 nitrogen and oxygen atoms in total. The van der Waals surface area contributed by atoms with Gasteiger partial charge in [0.2, 0.25) is 0 Å². The van der Waals surface area contributed by atoms with E-state index in [-0.39, 0.29) is 5.41 Å². The highest BCUT2D eigenvalue weighted by atomic mass is 79.9. The van der Waals surface area contributed by atoms with Gasteiger partial charge in [0, 0.05) is 14.8 Å². The summed E-state index contributed by atoms with van der Waals surface area (Å²) in [5, 5.41) is 2.62. The van der Waals surface area contributed by atoms with Gasteiger partial charge in [0.25, 0.3) is 0 Å². The van der Waals surface area contributed by atoms with E-state index in [1.165, 1.54) is 69.6 Å². The first kappa shape index (κ1) is 15.0. The molecule has 1 spiro atoms. The lowest BCUT2D eigenvalue weighted by atomic mass is 9.68. The lowest BCUT2D eigenvalue weighted by molar-refractivity contribution is 0.352. The molecule has 24 heavy (non-hydrogen) atoms. The van der Waals surface area contributed by atoms with Crippen molar-refractivity contribution >= 4 is 39.3 Å². The van der Waals surface area contributed by atoms with E-state index in [1.54, 1.807) is 0 Å². The molecule has 5 rings (SSSR count). The Kier molecular flexibility index (Phi) is 3.37. The number of hydrogen-bond acceptors (Lipinski definition) is 1. The topological polar surface area (TPSA) is 0 Å². The molecule has 1 saturated carbocycles. The molecular formula is C22H19BrS. The van der Waals surface area contributed by atoms with Crippen molar-refractivity contribution in [3.05, 3.63) is 64.1 Å². The standard InChI is InChI=1S/C22H19BrS/c23-14-8-9-17-18(12-14)22(10-4-1-5-11-22)19-13-20(24)15-6-2-3-7-16(15)21(17)19/h2-3,6-9,12-13,24H,1,4-5,10-11H2. The number of thiol groups is 1. The van der Waals surface area contributed by atoms with E-state index in [1.807, 2.05) is 0 Å². The molecular weight excluding hydrogens is 376 g/mol. The second kappa shape index (κ2) is 5.37. The highest BCUT2D eigenvalue weighted by molar-refractivity contribution is 9.10. The minimum Gasteiger partial charge on any atom is -0.143 e. The van der Waals surface area contributed by atoms with E-state index in [0.29, 0.717) is 0 Å². The van der Waals surface area contributed by atoms with Crippen LogP contribution in [0.4, 0.5) is 0 Å². The van der Waals surface area contributed by atoms with Gasteiger partial charge in [0.15, 0.2) is 0 Å². The third-order valence-electron chi connectivity index (χ3n) is 6.01. The summed E-state index contributed by atoms with van der Waals surface area (Å²) in [6, 6.07) is 18.0. The molecule has 120 valence electrons. The Labute approximate surface area is 156 Å². The van der Waals surface area contributed by atoms with Gasteiger partial charge in [0.05, 0.1) is 0 Å². The van der Waals surface area contributed by atoms with Gasteiger partial charge in [-0.15, -0.1) is 12.6 Å². The molecule has 2 aliphatic carbocycles. The highest BCUT2D eigenvalue weighted by Crippen LogP contribution is 2.58. The summed E-state index contributed by atoms with van der Waals surface area (Å²) >= 11 is 8.55. The average Bonchev–Trinajstić information content (AvgIpc) is 2.86. The van der Waals surface area contributed by atoms with E-state index in [2.05, 4.69) is 64.5 Å². The molecule has 0 unspecified atom stereocenters. The van der Waals surface area contributed by atoms with Crippen LogP contribution in [0.2, 0.25) is 0 Å². The molecule has 0 aromatic heterocycles. The van der Waals surface area contributed by atoms with Crippen molar-refractivity contribution in [2.45, 2.75) is 42.4 Å². The quantitative estimate of drug-likeness (QED) is 0.385. The van der Waals surface area contributed by atoms with Crippen LogP contribution in [-0.2, 0) is 5.41 Å². The smallest absolute Gasteiger partial charge is 0.0216 e. The molecule has 3 aromatic rings. The maximum absolute atomic E-state index is 4.84. The van der Waals surface area contributed by atoms with Crippen molar-refractivity contribution < 1.29 is 0 Å². The molecule has 0 bridgehead atoms. The van der Waals surface area contributed by atoms with E-state index in [4.69, 9.17) is 12.6 Å². The first-order valence-corrected chi connectivity index (χ1v) is 10.0. The van der Waals surface area contributed by atoms with Gasteiger partial charge < -0.3 is 0 Å². The van der Waals surface area contributed by atoms with Crippen molar-refractivity contribution in [1.82, 2.24) is 0 Å². The molecule has 0 saturated heterocycles. The van der Waals surface area contributed by atoms with Crippen LogP contribution in [0.1, 0.15) is 43.2 Å². The van der Waals surface area contributed by atoms with E-state index < -0.39 is 0 Å². The molecule has 1 fully saturated rings. The number of rotatable bonds is 0. The predicted octanol–water partition coefficient (Wildman–Crippen LogP) is 7.12. The third-order valence-corrected chi connectivity index (χ3v) is 6.88. The maximum Gasteiger partial charge on any atom is 0.0216 e. The number of benzene rings is 3. The Bertz CT molecular complexity index is 967. The Morgan fingerprint density at radius 2 is 1.58 bits per heavy atom. The minimum atomic E-state index is 0.189. The van der Waals surface area contributed by atoms with Gasteiger partial charge in [0.1, 0.15) is 0 Å². The maximum atomic E-state index is 4.84. The SMILES string of the molecule is Sc1cc2c(c3ccccc13)-c1ccc(Br)cc1C21CCCCC1. The van der Waals surface area contributed by atoms with Crippen molar-refractivity contribution in [3.63, 3.8) is 0 Å². The lowest BCUT2D eigenvalue weighted by Crippen LogP contribution is -2.28. The number of fused-ring (bicyclic) bond motifs is 7. The third kappa shape index (κ3) is 1.93. The van der Waals surface area contributed by atoms with Crippen LogP contribution in [0, 0.1) is 0 Å².